The van der Waals surface area contributed by atoms with E-state index in [1.54, 1.807) is 6.33 Å². The van der Waals surface area contributed by atoms with Gasteiger partial charge in [0.2, 0.25) is 0 Å². The predicted octanol–water partition coefficient (Wildman–Crippen LogP) is 9.56. The van der Waals surface area contributed by atoms with Crippen molar-refractivity contribution < 1.29 is 23.7 Å². The molecular formula is C46H47N5O5S. The lowest BCUT2D eigenvalue weighted by Crippen LogP contribution is -2.39. The molecule has 1 saturated heterocycles. The highest BCUT2D eigenvalue weighted by atomic mass is 32.2. The van der Waals surface area contributed by atoms with Crippen molar-refractivity contribution in [2.24, 2.45) is 11.3 Å². The van der Waals surface area contributed by atoms with Crippen LogP contribution in [0.4, 0.5) is 10.6 Å². The maximum atomic E-state index is 13.1. The zero-order valence-corrected chi connectivity index (χ0v) is 33.6. The molecule has 1 amide bonds. The minimum Gasteiger partial charge on any atom is -0.444 e. The number of benzene rings is 4. The zero-order valence-electron chi connectivity index (χ0n) is 32.8. The SMILES string of the molecule is CC(C)(C)OC(=O)Nc1nc(SCc2ccccc2)nc2c1ncn2[C@H]1[C@@H]2OC(C)(C)O[C@@H]2[C@]2(COC(c3ccccc3)(c3ccccc3)c3ccccc3)C[C@H]12. The van der Waals surface area contributed by atoms with Crippen LogP contribution in [0.2, 0.25) is 0 Å². The van der Waals surface area contributed by atoms with E-state index >= 15 is 0 Å². The van der Waals surface area contributed by atoms with Crippen LogP contribution in [0.1, 0.15) is 69.3 Å². The van der Waals surface area contributed by atoms with Crippen molar-refractivity contribution >= 4 is 34.8 Å². The van der Waals surface area contributed by atoms with Crippen molar-refractivity contribution in [2.45, 2.75) is 87.2 Å². The molecule has 3 fully saturated rings. The molecule has 6 aromatic rings. The number of nitrogens with one attached hydrogen (secondary N) is 1. The number of rotatable bonds is 11. The molecule has 2 aromatic heterocycles. The van der Waals surface area contributed by atoms with Gasteiger partial charge >= 0.3 is 6.09 Å². The first-order valence-electron chi connectivity index (χ1n) is 19.5. The first-order chi connectivity index (χ1) is 27.5. The van der Waals surface area contributed by atoms with Gasteiger partial charge in [0.15, 0.2) is 27.9 Å². The standard InChI is InChI=1S/C46H47N5O5S/c1-43(2,3)56-42(52)49-39-35-40(50-41(48-39)57-27-30-18-10-6-11-19-30)51(29-47-35)36-34-26-45(34,38-37(36)54-44(4,5)55-38)28-53-46(31-20-12-7-13-21-31,32-22-14-8-15-23-32)33-24-16-9-17-25-33/h6-25,29,34,36-38H,26-28H2,1-5H3,(H,48,49,50,52)/t34-,36-,37+,38+,45+/m1/s1. The number of imidazole rings is 1. The monoisotopic (exact) mass is 781 g/mol. The van der Waals surface area contributed by atoms with E-state index in [-0.39, 0.29) is 29.6 Å². The van der Waals surface area contributed by atoms with E-state index in [1.807, 2.05) is 71.0 Å². The molecule has 0 unspecified atom stereocenters. The van der Waals surface area contributed by atoms with Crippen LogP contribution in [0, 0.1) is 11.3 Å². The molecule has 3 heterocycles. The Labute approximate surface area is 337 Å². The van der Waals surface area contributed by atoms with Crippen LogP contribution < -0.4 is 5.32 Å². The van der Waals surface area contributed by atoms with Crippen molar-refractivity contribution in [2.75, 3.05) is 11.9 Å². The fraction of sp³-hybridized carbons (Fsp3) is 0.348. The number of carbonyl (C=O) groups is 1. The molecule has 2 saturated carbocycles. The van der Waals surface area contributed by atoms with Gasteiger partial charge in [0, 0.05) is 11.2 Å². The molecule has 3 aliphatic rings. The van der Waals surface area contributed by atoms with E-state index in [2.05, 4.69) is 94.8 Å². The molecule has 2 aliphatic carbocycles. The van der Waals surface area contributed by atoms with Crippen LogP contribution in [-0.4, -0.2) is 55.8 Å². The molecule has 5 atom stereocenters. The molecule has 9 rings (SSSR count). The van der Waals surface area contributed by atoms with Crippen molar-refractivity contribution in [3.8, 4) is 0 Å². The Morgan fingerprint density at radius 2 is 1.42 bits per heavy atom. The summed E-state index contributed by atoms with van der Waals surface area (Å²) < 4.78 is 28.9. The first kappa shape index (κ1) is 37.5. The Hall–Kier alpha value is -5.07. The number of hydrogen-bond acceptors (Lipinski definition) is 9. The van der Waals surface area contributed by atoms with Crippen molar-refractivity contribution in [3.05, 3.63) is 150 Å². The number of hydrogen-bond donors (Lipinski definition) is 1. The van der Waals surface area contributed by atoms with Gasteiger partial charge in [-0.05, 0) is 69.2 Å². The molecular weight excluding hydrogens is 735 g/mol. The van der Waals surface area contributed by atoms with Gasteiger partial charge in [-0.1, -0.05) is 133 Å². The molecule has 0 radical (unpaired) electrons. The number of anilines is 1. The topological polar surface area (TPSA) is 110 Å². The van der Waals surface area contributed by atoms with E-state index in [9.17, 15) is 4.79 Å². The summed E-state index contributed by atoms with van der Waals surface area (Å²) in [5.74, 6) is 0.278. The fourth-order valence-corrected chi connectivity index (χ4v) is 9.65. The summed E-state index contributed by atoms with van der Waals surface area (Å²) >= 11 is 1.50. The van der Waals surface area contributed by atoms with Crippen LogP contribution in [0.15, 0.2) is 133 Å². The largest absolute Gasteiger partial charge is 0.444 e. The van der Waals surface area contributed by atoms with Crippen LogP contribution >= 0.6 is 11.8 Å². The molecule has 57 heavy (non-hydrogen) atoms. The second-order valence-electron chi connectivity index (χ2n) is 16.7. The summed E-state index contributed by atoms with van der Waals surface area (Å²) in [6.07, 6.45) is 1.53. The first-order valence-corrected chi connectivity index (χ1v) is 20.5. The third-order valence-electron chi connectivity index (χ3n) is 11.3. The van der Waals surface area contributed by atoms with Crippen LogP contribution in [0.25, 0.3) is 11.2 Å². The van der Waals surface area contributed by atoms with E-state index in [0.717, 1.165) is 28.7 Å². The van der Waals surface area contributed by atoms with Gasteiger partial charge in [0.05, 0.1) is 25.1 Å². The number of amides is 1. The second kappa shape index (κ2) is 14.4. The smallest absolute Gasteiger partial charge is 0.413 e. The minimum atomic E-state index is -0.879. The lowest BCUT2D eigenvalue weighted by molar-refractivity contribution is -0.166. The Kier molecular flexibility index (Phi) is 9.47. The Bertz CT molecular complexity index is 2270. The molecule has 10 nitrogen and oxygen atoms in total. The fourth-order valence-electron chi connectivity index (χ4n) is 8.85. The van der Waals surface area contributed by atoms with Crippen molar-refractivity contribution in [1.82, 2.24) is 19.5 Å². The Morgan fingerprint density at radius 3 is 2.00 bits per heavy atom. The maximum Gasteiger partial charge on any atom is 0.413 e. The molecule has 1 aliphatic heterocycles. The second-order valence-corrected chi connectivity index (χ2v) is 17.6. The zero-order chi connectivity index (χ0) is 39.4. The summed E-state index contributed by atoms with van der Waals surface area (Å²) in [6, 6.07) is 41.4. The van der Waals surface area contributed by atoms with E-state index in [0.29, 0.717) is 34.5 Å². The average Bonchev–Trinajstić information content (AvgIpc) is 3.46. The van der Waals surface area contributed by atoms with E-state index in [4.69, 9.17) is 33.9 Å². The number of thioether (sulfide) groups is 1. The van der Waals surface area contributed by atoms with Gasteiger partial charge in [-0.3, -0.25) is 5.32 Å². The molecule has 11 heteroatoms. The highest BCUT2D eigenvalue weighted by Gasteiger charge is 2.76. The summed E-state index contributed by atoms with van der Waals surface area (Å²) in [7, 11) is 0. The molecule has 0 spiro atoms. The Balaban J connectivity index is 1.10. The lowest BCUT2D eigenvalue weighted by Gasteiger charge is -2.38. The van der Waals surface area contributed by atoms with Gasteiger partial charge in [0.1, 0.15) is 17.3 Å². The number of nitrogens with zero attached hydrogens (tertiary/aromatic N) is 4. The van der Waals surface area contributed by atoms with Crippen LogP contribution in [0.5, 0.6) is 0 Å². The van der Waals surface area contributed by atoms with Gasteiger partial charge in [-0.25, -0.2) is 19.7 Å². The molecule has 1 N–H and O–H groups in total. The number of aromatic nitrogens is 4. The van der Waals surface area contributed by atoms with Crippen molar-refractivity contribution in [3.63, 3.8) is 0 Å². The quantitative estimate of drug-likeness (QED) is 0.0781. The third-order valence-corrected chi connectivity index (χ3v) is 12.2. The van der Waals surface area contributed by atoms with E-state index < -0.39 is 23.1 Å². The highest BCUT2D eigenvalue weighted by Crippen LogP contribution is 2.72. The summed E-state index contributed by atoms with van der Waals surface area (Å²) in [6.45, 7) is 9.87. The van der Waals surface area contributed by atoms with Gasteiger partial charge in [-0.2, -0.15) is 0 Å². The predicted molar refractivity (Wildman–Crippen MR) is 220 cm³/mol. The summed E-state index contributed by atoms with van der Waals surface area (Å²) in [4.78, 5) is 27.8. The lowest BCUT2D eigenvalue weighted by atomic mass is 9.80. The number of carbonyl (C=O) groups excluding carboxylic acids is 1. The third kappa shape index (κ3) is 7.01. The molecule has 4 aromatic carbocycles. The highest BCUT2D eigenvalue weighted by molar-refractivity contribution is 7.98. The van der Waals surface area contributed by atoms with Crippen LogP contribution in [0.3, 0.4) is 0 Å². The van der Waals surface area contributed by atoms with Gasteiger partial charge < -0.3 is 23.5 Å². The maximum absolute atomic E-state index is 13.1. The number of fused-ring (bicyclic) bond motifs is 4. The van der Waals surface area contributed by atoms with Crippen molar-refractivity contribution in [1.29, 1.82) is 0 Å². The minimum absolute atomic E-state index is 0.138. The average molecular weight is 782 g/mol. The van der Waals surface area contributed by atoms with E-state index in [1.165, 1.54) is 11.8 Å². The van der Waals surface area contributed by atoms with Crippen LogP contribution in [-0.2, 0) is 30.3 Å². The van der Waals surface area contributed by atoms with Gasteiger partial charge in [-0.15, -0.1) is 0 Å². The summed E-state index contributed by atoms with van der Waals surface area (Å²) in [5.41, 5.74) is 3.46. The normalized spacial score (nSPS) is 23.5. The molecule has 0 bridgehead atoms. The molecule has 292 valence electrons. The van der Waals surface area contributed by atoms with Gasteiger partial charge in [0.25, 0.3) is 0 Å². The summed E-state index contributed by atoms with van der Waals surface area (Å²) in [5, 5.41) is 3.39. The Morgan fingerprint density at radius 1 is 0.842 bits per heavy atom. The number of ether oxygens (including phenoxy) is 4.